The Balaban J connectivity index is 1.10. The van der Waals surface area contributed by atoms with E-state index >= 15 is 0 Å². The molecule has 10 rings (SSSR count). The molecule has 2 heterocycles. The summed E-state index contributed by atoms with van der Waals surface area (Å²) in [5.41, 5.74) is 11.4. The lowest BCUT2D eigenvalue weighted by molar-refractivity contribution is 0.673. The van der Waals surface area contributed by atoms with Crippen molar-refractivity contribution in [1.82, 2.24) is 15.0 Å². The van der Waals surface area contributed by atoms with Crippen molar-refractivity contribution in [3.8, 4) is 67.5 Å². The van der Waals surface area contributed by atoms with Crippen molar-refractivity contribution in [3.63, 3.8) is 0 Å². The molecule has 248 valence electrons. The van der Waals surface area contributed by atoms with E-state index in [0.717, 1.165) is 71.7 Å². The molecule has 0 unspecified atom stereocenters. The molecule has 0 fully saturated rings. The van der Waals surface area contributed by atoms with Gasteiger partial charge in [0.15, 0.2) is 17.5 Å². The van der Waals surface area contributed by atoms with Crippen LogP contribution in [0, 0.1) is 0 Å². The maximum Gasteiger partial charge on any atom is 0.164 e. The van der Waals surface area contributed by atoms with E-state index in [2.05, 4.69) is 121 Å². The Hall–Kier alpha value is -7.17. The maximum atomic E-state index is 6.66. The Morgan fingerprint density at radius 1 is 0.321 bits per heavy atom. The Bertz CT molecular complexity index is 2880. The minimum atomic E-state index is 0.631. The molecule has 0 amide bonds. The van der Waals surface area contributed by atoms with E-state index in [0.29, 0.717) is 17.5 Å². The molecular weight excluding hydrogens is 647 g/mol. The lowest BCUT2D eigenvalue weighted by Crippen LogP contribution is -2.00. The number of benzene rings is 8. The Labute approximate surface area is 306 Å². The van der Waals surface area contributed by atoms with E-state index in [1.54, 1.807) is 0 Å². The third-order valence-corrected chi connectivity index (χ3v) is 9.90. The van der Waals surface area contributed by atoms with Gasteiger partial charge in [0.05, 0.1) is 0 Å². The molecule has 8 aromatic carbocycles. The van der Waals surface area contributed by atoms with Gasteiger partial charge in [0, 0.05) is 32.8 Å². The van der Waals surface area contributed by atoms with E-state index in [-0.39, 0.29) is 0 Å². The predicted octanol–water partition coefficient (Wildman–Crippen LogP) is 12.9. The highest BCUT2D eigenvalue weighted by molar-refractivity contribution is 6.21. The van der Waals surface area contributed by atoms with Gasteiger partial charge in [-0.05, 0) is 69.1 Å². The fourth-order valence-electron chi connectivity index (χ4n) is 7.29. The lowest BCUT2D eigenvalue weighted by atomic mass is 9.92. The Kier molecular flexibility index (Phi) is 7.43. The van der Waals surface area contributed by atoms with Crippen LogP contribution in [0.2, 0.25) is 0 Å². The summed E-state index contributed by atoms with van der Waals surface area (Å²) in [6.07, 6.45) is 0. The smallest absolute Gasteiger partial charge is 0.164 e. The van der Waals surface area contributed by atoms with Crippen LogP contribution in [0.15, 0.2) is 192 Å². The first-order chi connectivity index (χ1) is 26.2. The highest BCUT2D eigenvalue weighted by atomic mass is 16.3. The van der Waals surface area contributed by atoms with Gasteiger partial charge < -0.3 is 4.42 Å². The van der Waals surface area contributed by atoms with Crippen molar-refractivity contribution in [2.45, 2.75) is 0 Å². The largest absolute Gasteiger partial charge is 0.455 e. The van der Waals surface area contributed by atoms with E-state index < -0.39 is 0 Å². The highest BCUT2D eigenvalue weighted by Gasteiger charge is 2.18. The number of rotatable bonds is 6. The number of aromatic nitrogens is 3. The fraction of sp³-hybridized carbons (Fsp3) is 0. The average molecular weight is 678 g/mol. The molecule has 0 bridgehead atoms. The van der Waals surface area contributed by atoms with Gasteiger partial charge >= 0.3 is 0 Å². The molecule has 0 aliphatic carbocycles. The molecular formula is C49H31N3O. The lowest BCUT2D eigenvalue weighted by Gasteiger charge is -2.12. The van der Waals surface area contributed by atoms with E-state index in [1.807, 2.05) is 66.7 Å². The SMILES string of the molecule is c1ccc(-c2ccc3cc(-c4cccc(-c5cccc(-c6nc(-c7ccccc7)nc(-c7ccccc7)n6)c5)c4)c4c5ccccc5oc4c3c2)cc1. The van der Waals surface area contributed by atoms with Gasteiger partial charge in [-0.25, -0.2) is 15.0 Å². The number of fused-ring (bicyclic) bond motifs is 5. The molecule has 53 heavy (non-hydrogen) atoms. The number of nitrogens with zero attached hydrogens (tertiary/aromatic N) is 3. The fourth-order valence-corrected chi connectivity index (χ4v) is 7.29. The van der Waals surface area contributed by atoms with Crippen molar-refractivity contribution in [1.29, 1.82) is 0 Å². The number of hydrogen-bond acceptors (Lipinski definition) is 4. The maximum absolute atomic E-state index is 6.66. The second-order valence-electron chi connectivity index (χ2n) is 13.2. The van der Waals surface area contributed by atoms with Crippen molar-refractivity contribution < 1.29 is 4.42 Å². The first-order valence-corrected chi connectivity index (χ1v) is 17.8. The van der Waals surface area contributed by atoms with Gasteiger partial charge in [-0.15, -0.1) is 0 Å². The monoisotopic (exact) mass is 677 g/mol. The van der Waals surface area contributed by atoms with Crippen molar-refractivity contribution >= 4 is 32.7 Å². The average Bonchev–Trinajstić information content (AvgIpc) is 3.64. The van der Waals surface area contributed by atoms with Crippen LogP contribution >= 0.6 is 0 Å². The van der Waals surface area contributed by atoms with Crippen molar-refractivity contribution in [2.24, 2.45) is 0 Å². The topological polar surface area (TPSA) is 51.8 Å². The minimum absolute atomic E-state index is 0.631. The first kappa shape index (κ1) is 30.6. The molecule has 0 saturated carbocycles. The summed E-state index contributed by atoms with van der Waals surface area (Å²) in [4.78, 5) is 14.8. The molecule has 4 nitrogen and oxygen atoms in total. The zero-order chi connectivity index (χ0) is 35.1. The van der Waals surface area contributed by atoms with E-state index in [4.69, 9.17) is 19.4 Å². The van der Waals surface area contributed by atoms with Gasteiger partial charge in [0.1, 0.15) is 11.2 Å². The van der Waals surface area contributed by atoms with Crippen LogP contribution in [-0.4, -0.2) is 15.0 Å². The predicted molar refractivity (Wildman–Crippen MR) is 217 cm³/mol. The Morgan fingerprint density at radius 3 is 1.47 bits per heavy atom. The molecule has 2 aromatic heterocycles. The molecule has 10 aromatic rings. The summed E-state index contributed by atoms with van der Waals surface area (Å²) in [6, 6.07) is 65.2. The minimum Gasteiger partial charge on any atom is -0.455 e. The van der Waals surface area contributed by atoms with E-state index in [9.17, 15) is 0 Å². The molecule has 0 atom stereocenters. The number of para-hydroxylation sites is 1. The third-order valence-electron chi connectivity index (χ3n) is 9.90. The summed E-state index contributed by atoms with van der Waals surface area (Å²) in [5, 5.41) is 4.47. The molecule has 0 aliphatic rings. The van der Waals surface area contributed by atoms with Gasteiger partial charge in [-0.1, -0.05) is 158 Å². The molecule has 0 radical (unpaired) electrons. The van der Waals surface area contributed by atoms with Crippen LogP contribution in [0.3, 0.4) is 0 Å². The van der Waals surface area contributed by atoms with Crippen molar-refractivity contribution in [2.75, 3.05) is 0 Å². The first-order valence-electron chi connectivity index (χ1n) is 17.8. The summed E-state index contributed by atoms with van der Waals surface area (Å²) >= 11 is 0. The van der Waals surface area contributed by atoms with Crippen molar-refractivity contribution in [3.05, 3.63) is 188 Å². The summed E-state index contributed by atoms with van der Waals surface area (Å²) in [7, 11) is 0. The molecule has 4 heteroatoms. The number of hydrogen-bond donors (Lipinski definition) is 0. The normalized spacial score (nSPS) is 11.4. The molecule has 0 saturated heterocycles. The standard InChI is InChI=1S/C49H31N3O/c1-4-14-32(15-5-1)37-26-27-39-31-42(45-41-24-10-11-25-44(41)53-46(45)43(39)30-37)38-22-12-20-35(28-38)36-21-13-23-40(29-36)49-51-47(33-16-6-2-7-17-33)50-48(52-49)34-18-8-3-9-19-34/h1-31H. The summed E-state index contributed by atoms with van der Waals surface area (Å²) < 4.78 is 6.66. The zero-order valence-corrected chi connectivity index (χ0v) is 28.6. The quantitative estimate of drug-likeness (QED) is 0.176. The highest BCUT2D eigenvalue weighted by Crippen LogP contribution is 2.43. The second-order valence-corrected chi connectivity index (χ2v) is 13.2. The van der Waals surface area contributed by atoms with Crippen LogP contribution < -0.4 is 0 Å². The van der Waals surface area contributed by atoms with Gasteiger partial charge in [0.2, 0.25) is 0 Å². The third kappa shape index (κ3) is 5.63. The van der Waals surface area contributed by atoms with Crippen LogP contribution in [0.5, 0.6) is 0 Å². The van der Waals surface area contributed by atoms with Crippen LogP contribution in [0.4, 0.5) is 0 Å². The Morgan fingerprint density at radius 2 is 0.811 bits per heavy atom. The van der Waals surface area contributed by atoms with Crippen LogP contribution in [0.1, 0.15) is 0 Å². The van der Waals surface area contributed by atoms with Gasteiger partial charge in [-0.2, -0.15) is 0 Å². The van der Waals surface area contributed by atoms with Gasteiger partial charge in [-0.3, -0.25) is 0 Å². The molecule has 0 aliphatic heterocycles. The van der Waals surface area contributed by atoms with E-state index in [1.165, 1.54) is 11.1 Å². The second kappa shape index (κ2) is 12.9. The molecule has 0 spiro atoms. The molecule has 0 N–H and O–H groups in total. The zero-order valence-electron chi connectivity index (χ0n) is 28.6. The van der Waals surface area contributed by atoms with Crippen LogP contribution in [-0.2, 0) is 0 Å². The number of furan rings is 1. The summed E-state index contributed by atoms with van der Waals surface area (Å²) in [6.45, 7) is 0. The van der Waals surface area contributed by atoms with Gasteiger partial charge in [0.25, 0.3) is 0 Å². The summed E-state index contributed by atoms with van der Waals surface area (Å²) in [5.74, 6) is 1.92. The van der Waals surface area contributed by atoms with Crippen LogP contribution in [0.25, 0.3) is 100 Å².